The molecular formula is C12H12ClNO. The molecule has 0 radical (unpaired) electrons. The summed E-state index contributed by atoms with van der Waals surface area (Å²) in [6.07, 6.45) is 2.74. The van der Waals surface area contributed by atoms with E-state index in [2.05, 4.69) is 0 Å². The molecule has 2 N–H and O–H groups in total. The van der Waals surface area contributed by atoms with E-state index in [-0.39, 0.29) is 5.91 Å². The first-order valence-electron chi connectivity index (χ1n) is 4.96. The summed E-state index contributed by atoms with van der Waals surface area (Å²) in [5, 5.41) is 0.706. The molecule has 0 aliphatic heterocycles. The highest BCUT2D eigenvalue weighted by Crippen LogP contribution is 2.33. The Bertz CT molecular complexity index is 420. The normalized spacial score (nSPS) is 15.8. The smallest absolute Gasteiger partial charge is 0.244 e. The van der Waals surface area contributed by atoms with Crippen LogP contribution in [0.15, 0.2) is 29.8 Å². The van der Waals surface area contributed by atoms with Crippen molar-refractivity contribution < 1.29 is 4.79 Å². The van der Waals surface area contributed by atoms with Gasteiger partial charge < -0.3 is 5.73 Å². The second kappa shape index (κ2) is 4.07. The van der Waals surface area contributed by atoms with Crippen molar-refractivity contribution in [2.24, 2.45) is 5.73 Å². The lowest BCUT2D eigenvalue weighted by molar-refractivity contribution is -0.114. The summed E-state index contributed by atoms with van der Waals surface area (Å²) in [7, 11) is 0. The lowest BCUT2D eigenvalue weighted by Crippen LogP contribution is -2.13. The number of carbonyl (C=O) groups is 1. The molecule has 0 bridgehead atoms. The summed E-state index contributed by atoms with van der Waals surface area (Å²) in [6.45, 7) is 0. The second-order valence-electron chi connectivity index (χ2n) is 3.68. The van der Waals surface area contributed by atoms with Crippen molar-refractivity contribution >= 4 is 23.1 Å². The fourth-order valence-corrected chi connectivity index (χ4v) is 2.11. The molecule has 0 spiro atoms. The molecule has 3 heteroatoms. The fraction of sp³-hybridized carbons (Fsp3) is 0.250. The van der Waals surface area contributed by atoms with Crippen LogP contribution in [0.1, 0.15) is 24.8 Å². The number of primary amides is 1. The number of amides is 1. The van der Waals surface area contributed by atoms with Crippen molar-refractivity contribution in [3.05, 3.63) is 40.4 Å². The Labute approximate surface area is 93.7 Å². The SMILES string of the molecule is NC(=O)C1=C(c2ccc(Cl)cc2)CCC1. The van der Waals surface area contributed by atoms with Crippen molar-refractivity contribution in [1.29, 1.82) is 0 Å². The maximum absolute atomic E-state index is 11.2. The third-order valence-corrected chi connectivity index (χ3v) is 2.96. The Hall–Kier alpha value is -1.28. The summed E-state index contributed by atoms with van der Waals surface area (Å²) in [6, 6.07) is 7.54. The second-order valence-corrected chi connectivity index (χ2v) is 4.12. The van der Waals surface area contributed by atoms with Gasteiger partial charge in [0.05, 0.1) is 0 Å². The Morgan fingerprint density at radius 3 is 2.47 bits per heavy atom. The number of rotatable bonds is 2. The van der Waals surface area contributed by atoms with E-state index < -0.39 is 0 Å². The fourth-order valence-electron chi connectivity index (χ4n) is 1.99. The number of halogens is 1. The van der Waals surface area contributed by atoms with Gasteiger partial charge in [0.25, 0.3) is 0 Å². The minimum absolute atomic E-state index is 0.294. The summed E-state index contributed by atoms with van der Waals surface area (Å²) in [5.74, 6) is -0.294. The maximum Gasteiger partial charge on any atom is 0.244 e. The molecule has 2 rings (SSSR count). The highest BCUT2D eigenvalue weighted by Gasteiger charge is 2.19. The van der Waals surface area contributed by atoms with Crippen LogP contribution >= 0.6 is 11.6 Å². The van der Waals surface area contributed by atoms with Gasteiger partial charge in [0.2, 0.25) is 5.91 Å². The van der Waals surface area contributed by atoms with Crippen LogP contribution in [0.25, 0.3) is 5.57 Å². The van der Waals surface area contributed by atoms with Gasteiger partial charge in [-0.25, -0.2) is 0 Å². The molecule has 0 saturated carbocycles. The molecule has 0 fully saturated rings. The van der Waals surface area contributed by atoms with Gasteiger partial charge >= 0.3 is 0 Å². The maximum atomic E-state index is 11.2. The predicted molar refractivity (Wildman–Crippen MR) is 61.4 cm³/mol. The van der Waals surface area contributed by atoms with E-state index in [0.717, 1.165) is 36.0 Å². The van der Waals surface area contributed by atoms with Crippen LogP contribution in [0.5, 0.6) is 0 Å². The van der Waals surface area contributed by atoms with Crippen LogP contribution in [0, 0.1) is 0 Å². The molecular weight excluding hydrogens is 210 g/mol. The van der Waals surface area contributed by atoms with Crippen LogP contribution < -0.4 is 5.73 Å². The Balaban J connectivity index is 2.41. The van der Waals surface area contributed by atoms with E-state index in [0.29, 0.717) is 5.02 Å². The van der Waals surface area contributed by atoms with Gasteiger partial charge in [0, 0.05) is 10.6 Å². The molecule has 15 heavy (non-hydrogen) atoms. The Morgan fingerprint density at radius 2 is 1.87 bits per heavy atom. The van der Waals surface area contributed by atoms with E-state index in [4.69, 9.17) is 17.3 Å². The van der Waals surface area contributed by atoms with Crippen LogP contribution in [0.2, 0.25) is 5.02 Å². The number of hydrogen-bond donors (Lipinski definition) is 1. The topological polar surface area (TPSA) is 43.1 Å². The van der Waals surface area contributed by atoms with Crippen molar-refractivity contribution in [3.8, 4) is 0 Å². The van der Waals surface area contributed by atoms with Crippen molar-refractivity contribution in [1.82, 2.24) is 0 Å². The lowest BCUT2D eigenvalue weighted by Gasteiger charge is -2.04. The van der Waals surface area contributed by atoms with Gasteiger partial charge in [-0.3, -0.25) is 4.79 Å². The zero-order chi connectivity index (χ0) is 10.8. The average molecular weight is 222 g/mol. The van der Waals surface area contributed by atoms with Gasteiger partial charge in [-0.05, 0) is 42.5 Å². The first kappa shape index (κ1) is 10.2. The molecule has 1 aromatic carbocycles. The van der Waals surface area contributed by atoms with Crippen molar-refractivity contribution in [3.63, 3.8) is 0 Å². The van der Waals surface area contributed by atoms with E-state index in [1.165, 1.54) is 0 Å². The van der Waals surface area contributed by atoms with Crippen LogP contribution in [-0.2, 0) is 4.79 Å². The monoisotopic (exact) mass is 221 g/mol. The van der Waals surface area contributed by atoms with Crippen molar-refractivity contribution in [2.75, 3.05) is 0 Å². The van der Waals surface area contributed by atoms with E-state index in [1.54, 1.807) is 0 Å². The third kappa shape index (κ3) is 2.05. The molecule has 78 valence electrons. The van der Waals surface area contributed by atoms with Crippen LogP contribution in [0.3, 0.4) is 0 Å². The standard InChI is InChI=1S/C12H12ClNO/c13-9-6-4-8(5-7-9)10-2-1-3-11(10)12(14)15/h4-7H,1-3H2,(H2,14,15). The summed E-state index contributed by atoms with van der Waals surface area (Å²) < 4.78 is 0. The molecule has 1 aliphatic rings. The number of allylic oxidation sites excluding steroid dienone is 1. The van der Waals surface area contributed by atoms with Gasteiger partial charge in [0.1, 0.15) is 0 Å². The summed E-state index contributed by atoms with van der Waals surface area (Å²) in [4.78, 5) is 11.2. The first-order chi connectivity index (χ1) is 7.18. The number of carbonyl (C=O) groups excluding carboxylic acids is 1. The van der Waals surface area contributed by atoms with Gasteiger partial charge in [0.15, 0.2) is 0 Å². The quantitative estimate of drug-likeness (QED) is 0.820. The van der Waals surface area contributed by atoms with Crippen LogP contribution in [-0.4, -0.2) is 5.91 Å². The van der Waals surface area contributed by atoms with Gasteiger partial charge in [-0.15, -0.1) is 0 Å². The molecule has 2 nitrogen and oxygen atoms in total. The number of nitrogens with two attached hydrogens (primary N) is 1. The first-order valence-corrected chi connectivity index (χ1v) is 5.34. The highest BCUT2D eigenvalue weighted by atomic mass is 35.5. The largest absolute Gasteiger partial charge is 0.366 e. The average Bonchev–Trinajstić information content (AvgIpc) is 2.67. The zero-order valence-corrected chi connectivity index (χ0v) is 9.05. The molecule has 0 saturated heterocycles. The Kier molecular flexibility index (Phi) is 2.78. The predicted octanol–water partition coefficient (Wildman–Crippen LogP) is 2.76. The number of benzene rings is 1. The molecule has 1 aromatic rings. The lowest BCUT2D eigenvalue weighted by atomic mass is 10.0. The van der Waals surface area contributed by atoms with E-state index >= 15 is 0 Å². The minimum Gasteiger partial charge on any atom is -0.366 e. The molecule has 0 atom stereocenters. The molecule has 0 aromatic heterocycles. The number of hydrogen-bond acceptors (Lipinski definition) is 1. The van der Waals surface area contributed by atoms with Crippen molar-refractivity contribution in [2.45, 2.75) is 19.3 Å². The summed E-state index contributed by atoms with van der Waals surface area (Å²) in [5.41, 5.74) is 8.25. The Morgan fingerprint density at radius 1 is 1.20 bits per heavy atom. The van der Waals surface area contributed by atoms with Gasteiger partial charge in [-0.1, -0.05) is 23.7 Å². The summed E-state index contributed by atoms with van der Waals surface area (Å²) >= 11 is 5.81. The third-order valence-electron chi connectivity index (χ3n) is 2.71. The highest BCUT2D eigenvalue weighted by molar-refractivity contribution is 6.30. The molecule has 1 aliphatic carbocycles. The van der Waals surface area contributed by atoms with Gasteiger partial charge in [-0.2, -0.15) is 0 Å². The zero-order valence-electron chi connectivity index (χ0n) is 8.29. The van der Waals surface area contributed by atoms with E-state index in [1.807, 2.05) is 24.3 Å². The molecule has 0 unspecified atom stereocenters. The van der Waals surface area contributed by atoms with E-state index in [9.17, 15) is 4.79 Å². The molecule has 1 amide bonds. The molecule has 0 heterocycles. The minimum atomic E-state index is -0.294. The van der Waals surface area contributed by atoms with Crippen LogP contribution in [0.4, 0.5) is 0 Å².